The van der Waals surface area contributed by atoms with Crippen molar-refractivity contribution in [2.24, 2.45) is 11.8 Å². The van der Waals surface area contributed by atoms with Gasteiger partial charge in [0.05, 0.1) is 15.6 Å². The highest BCUT2D eigenvalue weighted by atomic mass is 35.5. The second-order valence-corrected chi connectivity index (χ2v) is 7.18. The fourth-order valence-corrected chi connectivity index (χ4v) is 3.93. The van der Waals surface area contributed by atoms with Gasteiger partial charge in [-0.3, -0.25) is 11.3 Å². The van der Waals surface area contributed by atoms with Crippen molar-refractivity contribution in [1.29, 1.82) is 0 Å². The monoisotopic (exact) mass is 328 g/mol. The Hall–Kier alpha value is -0.320. The van der Waals surface area contributed by atoms with E-state index in [9.17, 15) is 0 Å². The van der Waals surface area contributed by atoms with Gasteiger partial charge >= 0.3 is 0 Å². The van der Waals surface area contributed by atoms with Crippen molar-refractivity contribution in [2.45, 2.75) is 50.2 Å². The third-order valence-electron chi connectivity index (χ3n) is 5.02. The summed E-state index contributed by atoms with van der Waals surface area (Å²) in [6.07, 6.45) is 6.75. The fraction of sp³-hybridized carbons (Fsp3) is 0.625. The first kappa shape index (κ1) is 15.6. The van der Waals surface area contributed by atoms with E-state index in [2.05, 4.69) is 5.43 Å². The van der Waals surface area contributed by atoms with Gasteiger partial charge < -0.3 is 4.74 Å². The molecule has 2 atom stereocenters. The molecule has 1 heterocycles. The molecule has 1 aromatic carbocycles. The van der Waals surface area contributed by atoms with Crippen molar-refractivity contribution in [3.05, 3.63) is 33.8 Å². The average Bonchev–Trinajstić information content (AvgIpc) is 2.47. The molecule has 3 rings (SSSR count). The van der Waals surface area contributed by atoms with Gasteiger partial charge in [-0.1, -0.05) is 29.3 Å². The molecule has 2 fully saturated rings. The zero-order valence-electron chi connectivity index (χ0n) is 12.1. The fourth-order valence-electron chi connectivity index (χ4n) is 3.61. The number of hydrogen-bond donors (Lipinski definition) is 2. The molecule has 1 spiro atoms. The SMILES string of the molecule is NNC(Cc1ccc(Cl)c(Cl)c1)C1CCOC2(CCC2)C1. The summed E-state index contributed by atoms with van der Waals surface area (Å²) < 4.78 is 6.00. The van der Waals surface area contributed by atoms with E-state index in [1.165, 1.54) is 24.8 Å². The lowest BCUT2D eigenvalue weighted by molar-refractivity contribution is -0.147. The normalized spacial score (nSPS) is 25.6. The van der Waals surface area contributed by atoms with Crippen LogP contribution >= 0.6 is 23.2 Å². The topological polar surface area (TPSA) is 47.3 Å². The van der Waals surface area contributed by atoms with Gasteiger partial charge in [-0.25, -0.2) is 0 Å². The minimum Gasteiger partial charge on any atom is -0.375 e. The summed E-state index contributed by atoms with van der Waals surface area (Å²) >= 11 is 12.1. The Morgan fingerprint density at radius 2 is 2.14 bits per heavy atom. The summed E-state index contributed by atoms with van der Waals surface area (Å²) in [6.45, 7) is 0.851. The van der Waals surface area contributed by atoms with Crippen molar-refractivity contribution in [2.75, 3.05) is 6.61 Å². The van der Waals surface area contributed by atoms with Crippen LogP contribution in [0.1, 0.15) is 37.7 Å². The number of nitrogens with one attached hydrogen (secondary N) is 1. The smallest absolute Gasteiger partial charge is 0.0685 e. The first-order chi connectivity index (χ1) is 10.1. The van der Waals surface area contributed by atoms with E-state index in [4.69, 9.17) is 33.8 Å². The summed E-state index contributed by atoms with van der Waals surface area (Å²) in [5, 5.41) is 1.20. The number of hydrazine groups is 1. The molecular weight excluding hydrogens is 307 g/mol. The van der Waals surface area contributed by atoms with Gasteiger partial charge in [0.25, 0.3) is 0 Å². The van der Waals surface area contributed by atoms with Crippen LogP contribution in [-0.2, 0) is 11.2 Å². The average molecular weight is 329 g/mol. The molecule has 2 unspecified atom stereocenters. The molecule has 2 aliphatic rings. The highest BCUT2D eigenvalue weighted by Crippen LogP contribution is 2.45. The van der Waals surface area contributed by atoms with Crippen molar-refractivity contribution >= 4 is 23.2 Å². The maximum atomic E-state index is 6.10. The Labute approximate surface area is 136 Å². The van der Waals surface area contributed by atoms with Gasteiger partial charge in [-0.2, -0.15) is 0 Å². The summed E-state index contributed by atoms with van der Waals surface area (Å²) in [6, 6.07) is 6.07. The highest BCUT2D eigenvalue weighted by molar-refractivity contribution is 6.42. The van der Waals surface area contributed by atoms with Crippen molar-refractivity contribution in [3.63, 3.8) is 0 Å². The van der Waals surface area contributed by atoms with Gasteiger partial charge in [0.15, 0.2) is 0 Å². The number of nitrogens with two attached hydrogens (primary N) is 1. The summed E-state index contributed by atoms with van der Waals surface area (Å²) in [4.78, 5) is 0. The molecule has 3 N–H and O–H groups in total. The maximum absolute atomic E-state index is 6.10. The summed E-state index contributed by atoms with van der Waals surface area (Å²) in [5.41, 5.74) is 4.33. The molecule has 21 heavy (non-hydrogen) atoms. The zero-order chi connectivity index (χ0) is 14.9. The lowest BCUT2D eigenvalue weighted by atomic mass is 9.70. The van der Waals surface area contributed by atoms with Gasteiger partial charge in [0.1, 0.15) is 0 Å². The van der Waals surface area contributed by atoms with Gasteiger partial charge in [-0.05, 0) is 62.1 Å². The quantitative estimate of drug-likeness (QED) is 0.654. The minimum atomic E-state index is 0.148. The molecule has 5 heteroatoms. The number of ether oxygens (including phenoxy) is 1. The Morgan fingerprint density at radius 1 is 1.33 bits per heavy atom. The molecule has 3 nitrogen and oxygen atoms in total. The Balaban J connectivity index is 1.68. The molecule has 116 valence electrons. The lowest BCUT2D eigenvalue weighted by Crippen LogP contribution is -2.52. The van der Waals surface area contributed by atoms with Gasteiger partial charge in [0, 0.05) is 12.6 Å². The Morgan fingerprint density at radius 3 is 2.76 bits per heavy atom. The third kappa shape index (κ3) is 3.38. The van der Waals surface area contributed by atoms with Crippen LogP contribution in [-0.4, -0.2) is 18.2 Å². The second kappa shape index (κ2) is 6.43. The van der Waals surface area contributed by atoms with Crippen molar-refractivity contribution in [1.82, 2.24) is 5.43 Å². The first-order valence-electron chi connectivity index (χ1n) is 7.66. The molecule has 1 aromatic rings. The molecule has 1 aliphatic heterocycles. The Bertz CT molecular complexity index is 505. The van der Waals surface area contributed by atoms with Crippen LogP contribution in [0.25, 0.3) is 0 Å². The van der Waals surface area contributed by atoms with Crippen molar-refractivity contribution in [3.8, 4) is 0 Å². The largest absolute Gasteiger partial charge is 0.375 e. The van der Waals surface area contributed by atoms with Gasteiger partial charge in [-0.15, -0.1) is 0 Å². The Kier molecular flexibility index (Phi) is 4.77. The van der Waals surface area contributed by atoms with E-state index in [-0.39, 0.29) is 11.6 Å². The van der Waals surface area contributed by atoms with E-state index in [1.807, 2.05) is 18.2 Å². The molecule has 0 aromatic heterocycles. The summed E-state index contributed by atoms with van der Waals surface area (Å²) in [7, 11) is 0. The molecule has 0 bridgehead atoms. The van der Waals surface area contributed by atoms with E-state index in [0.717, 1.165) is 25.9 Å². The van der Waals surface area contributed by atoms with E-state index in [0.29, 0.717) is 16.0 Å². The molecule has 1 saturated heterocycles. The molecule has 0 radical (unpaired) electrons. The zero-order valence-corrected chi connectivity index (χ0v) is 13.6. The lowest BCUT2D eigenvalue weighted by Gasteiger charge is -2.48. The second-order valence-electron chi connectivity index (χ2n) is 6.36. The van der Waals surface area contributed by atoms with Crippen LogP contribution in [0.5, 0.6) is 0 Å². The van der Waals surface area contributed by atoms with Gasteiger partial charge in [0.2, 0.25) is 0 Å². The predicted molar refractivity (Wildman–Crippen MR) is 86.5 cm³/mol. The van der Waals surface area contributed by atoms with Crippen LogP contribution in [0.4, 0.5) is 0 Å². The van der Waals surface area contributed by atoms with E-state index >= 15 is 0 Å². The van der Waals surface area contributed by atoms with Crippen LogP contribution < -0.4 is 11.3 Å². The number of halogens is 2. The number of hydrogen-bond acceptors (Lipinski definition) is 3. The standard InChI is InChI=1S/C16H22Cl2N2O/c17-13-3-2-11(8-14(13)18)9-15(20-19)12-4-7-21-16(10-12)5-1-6-16/h2-3,8,12,15,20H,1,4-7,9-10,19H2. The minimum absolute atomic E-state index is 0.148. The summed E-state index contributed by atoms with van der Waals surface area (Å²) in [5.74, 6) is 6.37. The van der Waals surface area contributed by atoms with Crippen LogP contribution in [0.2, 0.25) is 10.0 Å². The third-order valence-corrected chi connectivity index (χ3v) is 5.76. The predicted octanol–water partition coefficient (Wildman–Crippen LogP) is 3.72. The van der Waals surface area contributed by atoms with Crippen molar-refractivity contribution < 1.29 is 4.74 Å². The van der Waals surface area contributed by atoms with E-state index < -0.39 is 0 Å². The number of benzene rings is 1. The molecule has 1 saturated carbocycles. The molecule has 0 amide bonds. The first-order valence-corrected chi connectivity index (χ1v) is 8.41. The van der Waals surface area contributed by atoms with Crippen LogP contribution in [0.3, 0.4) is 0 Å². The highest BCUT2D eigenvalue weighted by Gasteiger charge is 2.44. The van der Waals surface area contributed by atoms with Crippen LogP contribution in [0.15, 0.2) is 18.2 Å². The van der Waals surface area contributed by atoms with Crippen LogP contribution in [0, 0.1) is 5.92 Å². The molecular formula is C16H22Cl2N2O. The molecule has 1 aliphatic carbocycles. The number of rotatable bonds is 4. The van der Waals surface area contributed by atoms with E-state index in [1.54, 1.807) is 0 Å². The maximum Gasteiger partial charge on any atom is 0.0685 e.